The lowest BCUT2D eigenvalue weighted by Gasteiger charge is -2.09. The van der Waals surface area contributed by atoms with Gasteiger partial charge >= 0.3 is 6.36 Å². The minimum Gasteiger partial charge on any atom is -0.406 e. The number of hydrogen-bond acceptors (Lipinski definition) is 1. The highest BCUT2D eigenvalue weighted by Gasteiger charge is 2.30. The third-order valence-corrected chi connectivity index (χ3v) is 1.55. The molecule has 0 aliphatic carbocycles. The Hall–Kier alpha value is -1.23. The van der Waals surface area contributed by atoms with Crippen molar-refractivity contribution in [3.05, 3.63) is 29.8 Å². The van der Waals surface area contributed by atoms with Crippen LogP contribution in [0, 0.1) is 0 Å². The first-order chi connectivity index (χ1) is 6.51. The smallest absolute Gasteiger partial charge is 0.406 e. The average Bonchev–Trinajstić information content (AvgIpc) is 2.02. The van der Waals surface area contributed by atoms with Crippen LogP contribution in [0.2, 0.25) is 0 Å². The van der Waals surface area contributed by atoms with Crippen LogP contribution >= 0.6 is 0 Å². The first kappa shape index (κ1) is 10.8. The Morgan fingerprint density at radius 1 is 1.29 bits per heavy atom. The summed E-state index contributed by atoms with van der Waals surface area (Å²) in [6, 6.07) is 5.67. The number of halogens is 3. The average molecular weight is 204 g/mol. The van der Waals surface area contributed by atoms with Crippen LogP contribution < -0.4 is 10.5 Å². The van der Waals surface area contributed by atoms with Crippen molar-refractivity contribution in [3.63, 3.8) is 0 Å². The van der Waals surface area contributed by atoms with Crippen LogP contribution in [0.1, 0.15) is 5.56 Å². The minimum atomic E-state index is -4.65. The minimum absolute atomic E-state index is 0.148. The maximum Gasteiger partial charge on any atom is 0.573 e. The highest BCUT2D eigenvalue weighted by Crippen LogP contribution is 2.23. The van der Waals surface area contributed by atoms with Gasteiger partial charge in [-0.05, 0) is 24.1 Å². The zero-order valence-electron chi connectivity index (χ0n) is 7.27. The second kappa shape index (κ2) is 4.32. The number of alkyl halides is 3. The molecule has 1 rings (SSSR count). The summed E-state index contributed by atoms with van der Waals surface area (Å²) < 4.78 is 39.1. The van der Waals surface area contributed by atoms with E-state index in [0.29, 0.717) is 12.0 Å². The van der Waals surface area contributed by atoms with Gasteiger partial charge in [0.1, 0.15) is 5.75 Å². The van der Waals surface area contributed by atoms with Crippen LogP contribution in [-0.2, 0) is 6.42 Å². The molecule has 0 saturated carbocycles. The van der Waals surface area contributed by atoms with E-state index < -0.39 is 6.36 Å². The second-order valence-electron chi connectivity index (χ2n) is 2.70. The van der Waals surface area contributed by atoms with Crippen molar-refractivity contribution in [2.75, 3.05) is 6.54 Å². The van der Waals surface area contributed by atoms with Gasteiger partial charge in [0.25, 0.3) is 0 Å². The molecule has 5 heteroatoms. The van der Waals surface area contributed by atoms with Crippen LogP contribution in [0.4, 0.5) is 13.2 Å². The summed E-state index contributed by atoms with van der Waals surface area (Å²) >= 11 is 0. The summed E-state index contributed by atoms with van der Waals surface area (Å²) in [7, 11) is 0. The summed E-state index contributed by atoms with van der Waals surface area (Å²) in [6.45, 7) is 0.148. The Bertz CT molecular complexity index is 298. The third-order valence-electron chi connectivity index (χ3n) is 1.55. The first-order valence-corrected chi connectivity index (χ1v) is 4.00. The molecule has 0 aromatic heterocycles. The molecule has 0 saturated heterocycles. The Labute approximate surface area is 79.5 Å². The number of ether oxygens (including phenoxy) is 1. The molecule has 2 nitrogen and oxygen atoms in total. The van der Waals surface area contributed by atoms with Crippen molar-refractivity contribution >= 4 is 0 Å². The van der Waals surface area contributed by atoms with Crippen LogP contribution in [0.3, 0.4) is 0 Å². The van der Waals surface area contributed by atoms with Gasteiger partial charge in [0, 0.05) is 6.54 Å². The number of nitrogens with one attached hydrogen (secondary N) is 1. The van der Waals surface area contributed by atoms with E-state index in [0.717, 1.165) is 0 Å². The fourth-order valence-electron chi connectivity index (χ4n) is 1.04. The molecule has 77 valence electrons. The van der Waals surface area contributed by atoms with E-state index in [4.69, 9.17) is 5.73 Å². The number of rotatable bonds is 3. The summed E-state index contributed by atoms with van der Waals surface area (Å²) in [5.41, 5.74) is 7.60. The van der Waals surface area contributed by atoms with E-state index in [1.54, 1.807) is 6.07 Å². The van der Waals surface area contributed by atoms with Gasteiger partial charge in [0.05, 0.1) is 0 Å². The molecule has 0 atom stereocenters. The monoisotopic (exact) mass is 204 g/mol. The molecule has 0 aliphatic heterocycles. The van der Waals surface area contributed by atoms with Gasteiger partial charge < -0.3 is 4.74 Å². The van der Waals surface area contributed by atoms with E-state index >= 15 is 0 Å². The fraction of sp³-hybridized carbons (Fsp3) is 0.333. The molecule has 0 spiro atoms. The molecule has 1 aromatic carbocycles. The summed E-state index contributed by atoms with van der Waals surface area (Å²) in [6.07, 6.45) is -4.23. The van der Waals surface area contributed by atoms with Crippen molar-refractivity contribution in [2.45, 2.75) is 12.8 Å². The van der Waals surface area contributed by atoms with Gasteiger partial charge in [-0.25, -0.2) is 0 Å². The standard InChI is InChI=1S/C9H9F3NO/c10-9(11,12)14-8-3-1-2-7(6-8)4-5-13/h1-3,6,13H,4-5H2. The molecule has 0 aliphatic rings. The van der Waals surface area contributed by atoms with E-state index in [1.807, 2.05) is 0 Å². The van der Waals surface area contributed by atoms with Crippen LogP contribution in [0.25, 0.3) is 0 Å². The molecule has 1 aromatic rings. The molecule has 14 heavy (non-hydrogen) atoms. The Kier molecular flexibility index (Phi) is 3.35. The predicted molar refractivity (Wildman–Crippen MR) is 44.8 cm³/mol. The molecule has 0 heterocycles. The lowest BCUT2D eigenvalue weighted by Crippen LogP contribution is -2.17. The molecular formula is C9H9F3NO. The molecule has 1 radical (unpaired) electrons. The Balaban J connectivity index is 2.73. The zero-order chi connectivity index (χ0) is 10.6. The molecule has 0 amide bonds. The van der Waals surface area contributed by atoms with E-state index in [1.165, 1.54) is 18.2 Å². The number of hydrogen-bond donors (Lipinski definition) is 0. The summed E-state index contributed by atoms with van der Waals surface area (Å²) in [4.78, 5) is 0. The van der Waals surface area contributed by atoms with Gasteiger partial charge in [-0.2, -0.15) is 0 Å². The van der Waals surface area contributed by atoms with E-state index in [2.05, 4.69) is 4.74 Å². The zero-order valence-corrected chi connectivity index (χ0v) is 7.27. The van der Waals surface area contributed by atoms with Crippen molar-refractivity contribution in [2.24, 2.45) is 0 Å². The van der Waals surface area contributed by atoms with Crippen molar-refractivity contribution in [1.82, 2.24) is 5.73 Å². The van der Waals surface area contributed by atoms with Gasteiger partial charge in [-0.3, -0.25) is 5.73 Å². The lowest BCUT2D eigenvalue weighted by atomic mass is 10.1. The van der Waals surface area contributed by atoms with Gasteiger partial charge in [0.15, 0.2) is 0 Å². The number of benzene rings is 1. The third kappa shape index (κ3) is 3.66. The fourth-order valence-corrected chi connectivity index (χ4v) is 1.04. The first-order valence-electron chi connectivity index (χ1n) is 4.00. The van der Waals surface area contributed by atoms with Crippen LogP contribution in [-0.4, -0.2) is 12.9 Å². The van der Waals surface area contributed by atoms with Crippen LogP contribution in [0.5, 0.6) is 5.75 Å². The maximum atomic E-state index is 11.8. The highest BCUT2D eigenvalue weighted by molar-refractivity contribution is 5.28. The van der Waals surface area contributed by atoms with Crippen LogP contribution in [0.15, 0.2) is 24.3 Å². The maximum absolute atomic E-state index is 11.8. The molecule has 0 fully saturated rings. The van der Waals surface area contributed by atoms with Gasteiger partial charge in [-0.15, -0.1) is 13.2 Å². The summed E-state index contributed by atoms with van der Waals surface area (Å²) in [5, 5.41) is 0. The molecule has 1 N–H and O–H groups in total. The summed E-state index contributed by atoms with van der Waals surface area (Å²) in [5.74, 6) is -0.233. The lowest BCUT2D eigenvalue weighted by molar-refractivity contribution is -0.274. The Morgan fingerprint density at radius 2 is 2.00 bits per heavy atom. The largest absolute Gasteiger partial charge is 0.573 e. The molecular weight excluding hydrogens is 195 g/mol. The van der Waals surface area contributed by atoms with Gasteiger partial charge in [-0.1, -0.05) is 12.1 Å². The normalized spacial score (nSPS) is 11.4. The van der Waals surface area contributed by atoms with Gasteiger partial charge in [0.2, 0.25) is 0 Å². The molecule has 0 bridgehead atoms. The van der Waals surface area contributed by atoms with Crippen molar-refractivity contribution in [3.8, 4) is 5.75 Å². The van der Waals surface area contributed by atoms with Crippen molar-refractivity contribution < 1.29 is 17.9 Å². The topological polar surface area (TPSA) is 33.0 Å². The predicted octanol–water partition coefficient (Wildman–Crippen LogP) is 2.41. The Morgan fingerprint density at radius 3 is 2.57 bits per heavy atom. The quantitative estimate of drug-likeness (QED) is 0.744. The highest BCUT2D eigenvalue weighted by atomic mass is 19.4. The second-order valence-corrected chi connectivity index (χ2v) is 2.70. The van der Waals surface area contributed by atoms with E-state index in [9.17, 15) is 13.2 Å². The SMILES string of the molecule is [NH]CCc1cccc(OC(F)(F)F)c1. The van der Waals surface area contributed by atoms with Crippen molar-refractivity contribution in [1.29, 1.82) is 0 Å². The van der Waals surface area contributed by atoms with E-state index in [-0.39, 0.29) is 12.3 Å². The molecule has 0 unspecified atom stereocenters.